The Morgan fingerprint density at radius 2 is 0.754 bits per heavy atom. The largest absolute Gasteiger partial charge is 0.472 e. The van der Waals surface area contributed by atoms with Gasteiger partial charge in [-0.15, -0.1) is 0 Å². The zero-order chi connectivity index (χ0) is 41.8. The van der Waals surface area contributed by atoms with Crippen molar-refractivity contribution in [3.05, 3.63) is 0 Å². The minimum Gasteiger partial charge on any atom is -0.462 e. The summed E-state index contributed by atoms with van der Waals surface area (Å²) in [5.74, 6) is -0.813. The number of esters is 2. The van der Waals surface area contributed by atoms with Crippen LogP contribution in [0.4, 0.5) is 0 Å². The van der Waals surface area contributed by atoms with Crippen molar-refractivity contribution < 1.29 is 37.6 Å². The molecule has 0 radical (unpaired) electrons. The van der Waals surface area contributed by atoms with E-state index in [1.165, 1.54) is 193 Å². The minimum atomic E-state index is -4.37. The predicted molar refractivity (Wildman–Crippen MR) is 238 cm³/mol. The highest BCUT2D eigenvalue weighted by Crippen LogP contribution is 2.43. The van der Waals surface area contributed by atoms with Gasteiger partial charge in [0, 0.05) is 19.4 Å². The van der Waals surface area contributed by atoms with E-state index >= 15 is 0 Å². The first-order chi connectivity index (χ1) is 27.8. The van der Waals surface area contributed by atoms with Gasteiger partial charge in [-0.1, -0.05) is 232 Å². The molecule has 0 aromatic rings. The fourth-order valence-electron chi connectivity index (χ4n) is 7.34. The number of hydrogen-bond acceptors (Lipinski definition) is 8. The third-order valence-corrected chi connectivity index (χ3v) is 12.0. The van der Waals surface area contributed by atoms with E-state index in [4.69, 9.17) is 24.3 Å². The molecular weight excluding hydrogens is 737 g/mol. The molecule has 0 aliphatic heterocycles. The normalized spacial score (nSPS) is 13.1. The first-order valence-electron chi connectivity index (χ1n) is 24.5. The molecule has 0 saturated carbocycles. The van der Waals surface area contributed by atoms with E-state index in [1.54, 1.807) is 0 Å². The maximum Gasteiger partial charge on any atom is 0.472 e. The Balaban J connectivity index is 3.88. The first-order valence-corrected chi connectivity index (χ1v) is 26.0. The lowest BCUT2D eigenvalue weighted by molar-refractivity contribution is -0.161. The smallest absolute Gasteiger partial charge is 0.462 e. The molecule has 9 nitrogen and oxygen atoms in total. The number of rotatable bonds is 47. The Kier molecular flexibility index (Phi) is 43.8. The SMILES string of the molecule is CCCCCCCCCCCCCCCCCCCCCCCCCCCCC(=O)OC(COC(=O)CCCCCCCCCCCC)COP(=O)(O)OCCN. The molecule has 0 aromatic heterocycles. The number of nitrogens with two attached hydrogens (primary N) is 1. The number of carbonyl (C=O) groups excluding carboxylic acids is 2. The number of ether oxygens (including phenoxy) is 2. The second-order valence-corrected chi connectivity index (χ2v) is 18.2. The van der Waals surface area contributed by atoms with Gasteiger partial charge in [0.1, 0.15) is 6.61 Å². The summed E-state index contributed by atoms with van der Waals surface area (Å²) in [5.41, 5.74) is 5.35. The molecule has 0 aromatic carbocycles. The Morgan fingerprint density at radius 1 is 0.456 bits per heavy atom. The average molecular weight is 832 g/mol. The van der Waals surface area contributed by atoms with Gasteiger partial charge < -0.3 is 20.1 Å². The number of phosphoric ester groups is 1. The van der Waals surface area contributed by atoms with Crippen molar-refractivity contribution in [1.82, 2.24) is 0 Å². The first kappa shape index (κ1) is 56.0. The number of unbranched alkanes of at least 4 members (excludes halogenated alkanes) is 34. The van der Waals surface area contributed by atoms with Gasteiger partial charge in [-0.25, -0.2) is 4.57 Å². The molecular formula is C47H94NO8P. The maximum absolute atomic E-state index is 12.6. The van der Waals surface area contributed by atoms with Crippen molar-refractivity contribution in [3.8, 4) is 0 Å². The van der Waals surface area contributed by atoms with Gasteiger partial charge in [-0.05, 0) is 12.8 Å². The molecule has 2 atom stereocenters. The van der Waals surface area contributed by atoms with Crippen LogP contribution >= 0.6 is 7.82 Å². The van der Waals surface area contributed by atoms with Crippen molar-refractivity contribution in [2.45, 2.75) is 264 Å². The summed E-state index contributed by atoms with van der Waals surface area (Å²) >= 11 is 0. The summed E-state index contributed by atoms with van der Waals surface area (Å²) in [6.07, 6.45) is 45.9. The fourth-order valence-corrected chi connectivity index (χ4v) is 8.11. The minimum absolute atomic E-state index is 0.0581. The zero-order valence-electron chi connectivity index (χ0n) is 37.6. The van der Waals surface area contributed by atoms with E-state index in [2.05, 4.69) is 13.8 Å². The van der Waals surface area contributed by atoms with E-state index in [0.717, 1.165) is 32.1 Å². The molecule has 340 valence electrons. The molecule has 2 unspecified atom stereocenters. The number of carbonyl (C=O) groups is 2. The van der Waals surface area contributed by atoms with Gasteiger partial charge in [0.25, 0.3) is 0 Å². The highest BCUT2D eigenvalue weighted by atomic mass is 31.2. The van der Waals surface area contributed by atoms with Crippen molar-refractivity contribution in [1.29, 1.82) is 0 Å². The molecule has 0 amide bonds. The lowest BCUT2D eigenvalue weighted by Gasteiger charge is -2.19. The van der Waals surface area contributed by atoms with E-state index in [-0.39, 0.29) is 38.6 Å². The quantitative estimate of drug-likeness (QED) is 0.0349. The zero-order valence-corrected chi connectivity index (χ0v) is 38.5. The van der Waals surface area contributed by atoms with Crippen LogP contribution in [0.25, 0.3) is 0 Å². The fraction of sp³-hybridized carbons (Fsp3) is 0.957. The summed E-state index contributed by atoms with van der Waals surface area (Å²) in [5, 5.41) is 0. The van der Waals surface area contributed by atoms with Gasteiger partial charge in [-0.3, -0.25) is 18.6 Å². The van der Waals surface area contributed by atoms with Gasteiger partial charge in [0.2, 0.25) is 0 Å². The second kappa shape index (κ2) is 44.6. The molecule has 0 spiro atoms. The molecule has 0 bridgehead atoms. The second-order valence-electron chi connectivity index (χ2n) is 16.7. The Labute approximate surface area is 352 Å². The molecule has 3 N–H and O–H groups in total. The Hall–Kier alpha value is -0.990. The Bertz CT molecular complexity index is 907. The molecule has 0 rings (SSSR count). The van der Waals surface area contributed by atoms with Crippen molar-refractivity contribution in [2.24, 2.45) is 5.73 Å². The third-order valence-electron chi connectivity index (χ3n) is 11.0. The van der Waals surface area contributed by atoms with Crippen LogP contribution in [0.2, 0.25) is 0 Å². The van der Waals surface area contributed by atoms with Crippen LogP contribution in [-0.4, -0.2) is 49.3 Å². The third kappa shape index (κ3) is 44.4. The van der Waals surface area contributed by atoms with Gasteiger partial charge in [-0.2, -0.15) is 0 Å². The monoisotopic (exact) mass is 832 g/mol. The number of phosphoric acid groups is 1. The molecule has 0 aliphatic carbocycles. The van der Waals surface area contributed by atoms with Crippen LogP contribution in [-0.2, 0) is 32.7 Å². The van der Waals surface area contributed by atoms with Crippen LogP contribution in [0.3, 0.4) is 0 Å². The predicted octanol–water partition coefficient (Wildman–Crippen LogP) is 14.4. The van der Waals surface area contributed by atoms with Crippen LogP contribution in [0.5, 0.6) is 0 Å². The molecule has 0 fully saturated rings. The average Bonchev–Trinajstić information content (AvgIpc) is 3.20. The summed E-state index contributed by atoms with van der Waals surface area (Å²) in [6.45, 7) is 3.77. The lowest BCUT2D eigenvalue weighted by Crippen LogP contribution is -2.29. The van der Waals surface area contributed by atoms with E-state index in [9.17, 15) is 19.0 Å². The van der Waals surface area contributed by atoms with Crippen molar-refractivity contribution in [3.63, 3.8) is 0 Å². The van der Waals surface area contributed by atoms with Gasteiger partial charge >= 0.3 is 19.8 Å². The van der Waals surface area contributed by atoms with Crippen LogP contribution in [0.1, 0.15) is 258 Å². The topological polar surface area (TPSA) is 134 Å². The van der Waals surface area contributed by atoms with Crippen LogP contribution in [0, 0.1) is 0 Å². The summed E-state index contributed by atoms with van der Waals surface area (Å²) in [6, 6.07) is 0. The van der Waals surface area contributed by atoms with Crippen molar-refractivity contribution >= 4 is 19.8 Å². The highest BCUT2D eigenvalue weighted by Gasteiger charge is 2.26. The summed E-state index contributed by atoms with van der Waals surface area (Å²) in [4.78, 5) is 34.8. The number of hydrogen-bond donors (Lipinski definition) is 2. The summed E-state index contributed by atoms with van der Waals surface area (Å²) < 4.78 is 32.8. The summed E-state index contributed by atoms with van der Waals surface area (Å²) in [7, 11) is -4.37. The van der Waals surface area contributed by atoms with Gasteiger partial charge in [0.15, 0.2) is 6.10 Å². The van der Waals surface area contributed by atoms with Crippen LogP contribution in [0.15, 0.2) is 0 Å². The van der Waals surface area contributed by atoms with Crippen molar-refractivity contribution in [2.75, 3.05) is 26.4 Å². The molecule has 57 heavy (non-hydrogen) atoms. The van der Waals surface area contributed by atoms with E-state index in [0.29, 0.717) is 6.42 Å². The maximum atomic E-state index is 12.6. The molecule has 0 aliphatic rings. The molecule has 10 heteroatoms. The Morgan fingerprint density at radius 3 is 1.07 bits per heavy atom. The lowest BCUT2D eigenvalue weighted by atomic mass is 10.0. The van der Waals surface area contributed by atoms with Crippen LogP contribution < -0.4 is 5.73 Å². The highest BCUT2D eigenvalue weighted by molar-refractivity contribution is 7.47. The van der Waals surface area contributed by atoms with E-state index < -0.39 is 26.5 Å². The molecule has 0 heterocycles. The van der Waals surface area contributed by atoms with Gasteiger partial charge in [0.05, 0.1) is 13.2 Å². The standard InChI is InChI=1S/C47H94NO8P/c1-3-5-7-9-11-13-15-16-17-18-19-20-21-22-23-24-25-26-27-28-29-30-32-34-36-38-40-47(50)56-45(44-55-57(51,52)54-42-41-48)43-53-46(49)39-37-35-33-31-14-12-10-8-6-4-2/h45H,3-44,48H2,1-2H3,(H,51,52). The molecule has 0 saturated heterocycles. The van der Waals surface area contributed by atoms with E-state index in [1.807, 2.05) is 0 Å².